The van der Waals surface area contributed by atoms with Crippen molar-refractivity contribution in [3.63, 3.8) is 0 Å². The quantitative estimate of drug-likeness (QED) is 0.413. The molecule has 7 nitrogen and oxygen atoms in total. The van der Waals surface area contributed by atoms with E-state index in [1.165, 1.54) is 0 Å². The summed E-state index contributed by atoms with van der Waals surface area (Å²) < 4.78 is 13.6. The van der Waals surface area contributed by atoms with E-state index in [0.717, 1.165) is 49.9 Å². The molecule has 3 heterocycles. The molecule has 1 aliphatic heterocycles. The first kappa shape index (κ1) is 20.2. The molecule has 5 aromatic rings. The summed E-state index contributed by atoms with van der Waals surface area (Å²) in [6.07, 6.45) is 2.24. The van der Waals surface area contributed by atoms with Crippen LogP contribution in [0.4, 0.5) is 5.69 Å². The molecule has 1 N–H and O–H groups in total. The fourth-order valence-corrected chi connectivity index (χ4v) is 4.51. The maximum absolute atomic E-state index is 11.8. The number of aromatic nitrogens is 3. The molecule has 34 heavy (non-hydrogen) atoms. The Hall–Kier alpha value is -4.39. The number of nitrogens with zero attached hydrogens (tertiary/aromatic N) is 3. The fourth-order valence-electron chi connectivity index (χ4n) is 4.51. The number of anilines is 1. The molecule has 0 saturated carbocycles. The van der Waals surface area contributed by atoms with E-state index in [4.69, 9.17) is 14.6 Å². The van der Waals surface area contributed by atoms with Gasteiger partial charge in [-0.1, -0.05) is 42.5 Å². The zero-order chi connectivity index (χ0) is 23.2. The number of rotatable bonds is 5. The maximum atomic E-state index is 11.8. The van der Waals surface area contributed by atoms with Crippen LogP contribution in [0.15, 0.2) is 66.9 Å². The highest BCUT2D eigenvalue weighted by Crippen LogP contribution is 2.39. The highest BCUT2D eigenvalue weighted by Gasteiger charge is 2.21. The maximum Gasteiger partial charge on any atom is 0.228 e. The highest BCUT2D eigenvalue weighted by atomic mass is 16.5. The largest absolute Gasteiger partial charge is 0.493 e. The van der Waals surface area contributed by atoms with Gasteiger partial charge in [-0.25, -0.2) is 0 Å². The van der Waals surface area contributed by atoms with Gasteiger partial charge in [-0.3, -0.25) is 14.5 Å². The van der Waals surface area contributed by atoms with Gasteiger partial charge in [0.1, 0.15) is 12.3 Å². The van der Waals surface area contributed by atoms with Crippen LogP contribution in [-0.4, -0.2) is 27.8 Å². The Morgan fingerprint density at radius 1 is 1.06 bits per heavy atom. The van der Waals surface area contributed by atoms with Crippen LogP contribution in [0.25, 0.3) is 33.1 Å². The lowest BCUT2D eigenvalue weighted by Crippen LogP contribution is -2.03. The van der Waals surface area contributed by atoms with Crippen LogP contribution in [0, 0.1) is 0 Å². The van der Waals surface area contributed by atoms with Crippen molar-refractivity contribution < 1.29 is 14.3 Å². The van der Waals surface area contributed by atoms with E-state index in [-0.39, 0.29) is 5.91 Å². The number of hydrogen-bond acceptors (Lipinski definition) is 5. The van der Waals surface area contributed by atoms with Gasteiger partial charge in [0.25, 0.3) is 0 Å². The Morgan fingerprint density at radius 3 is 2.74 bits per heavy atom. The number of fused-ring (bicyclic) bond motifs is 4. The van der Waals surface area contributed by atoms with E-state index in [2.05, 4.69) is 10.3 Å². The highest BCUT2D eigenvalue weighted by molar-refractivity contribution is 6.12. The molecule has 7 heteroatoms. The number of nitrogens with one attached hydrogen (secondary N) is 1. The lowest BCUT2D eigenvalue weighted by molar-refractivity contribution is -0.115. The summed E-state index contributed by atoms with van der Waals surface area (Å²) in [7, 11) is 3.54. The average Bonchev–Trinajstić information content (AvgIpc) is 3.41. The topological polar surface area (TPSA) is 78.3 Å². The van der Waals surface area contributed by atoms with Crippen molar-refractivity contribution >= 4 is 33.4 Å². The number of ether oxygens (including phenoxy) is 2. The smallest absolute Gasteiger partial charge is 0.228 e. The minimum absolute atomic E-state index is 0.0139. The Balaban J connectivity index is 1.51. The Kier molecular flexibility index (Phi) is 4.69. The molecule has 168 valence electrons. The first-order valence-corrected chi connectivity index (χ1v) is 11.0. The summed E-state index contributed by atoms with van der Waals surface area (Å²) in [5, 5.41) is 9.65. The van der Waals surface area contributed by atoms with Crippen LogP contribution in [0.2, 0.25) is 0 Å². The molecule has 6 rings (SSSR count). The van der Waals surface area contributed by atoms with E-state index in [0.29, 0.717) is 24.5 Å². The molecule has 0 bridgehead atoms. The van der Waals surface area contributed by atoms with Crippen LogP contribution in [0.5, 0.6) is 11.5 Å². The minimum Gasteiger partial charge on any atom is -0.493 e. The van der Waals surface area contributed by atoms with Crippen LogP contribution >= 0.6 is 0 Å². The monoisotopic (exact) mass is 450 g/mol. The number of aryl methyl sites for hydroxylation is 1. The fraction of sp³-hybridized carbons (Fsp3) is 0.148. The second-order valence-electron chi connectivity index (χ2n) is 8.38. The summed E-state index contributed by atoms with van der Waals surface area (Å²) >= 11 is 0. The van der Waals surface area contributed by atoms with Crippen molar-refractivity contribution in [1.29, 1.82) is 0 Å². The van der Waals surface area contributed by atoms with Gasteiger partial charge in [-0.15, -0.1) is 0 Å². The molecule has 0 aliphatic carbocycles. The second kappa shape index (κ2) is 7.88. The lowest BCUT2D eigenvalue weighted by Gasteiger charge is -2.13. The molecule has 0 saturated heterocycles. The standard InChI is InChI=1S/C27H22N4O3/c1-31-22-14-28-21-13-23(33-2)24(34-15-16-6-4-3-5-7-16)12-19(21)26(22)27(30-31)18-9-8-17-11-25(32)29-20(17)10-18/h3-10,12-14H,11,15H2,1-2H3,(H,29,32). The van der Waals surface area contributed by atoms with Crippen LogP contribution in [0.1, 0.15) is 11.1 Å². The van der Waals surface area contributed by atoms with E-state index in [9.17, 15) is 4.79 Å². The van der Waals surface area contributed by atoms with E-state index in [1.807, 2.05) is 78.6 Å². The van der Waals surface area contributed by atoms with E-state index in [1.54, 1.807) is 7.11 Å². The molecule has 0 fully saturated rings. The van der Waals surface area contributed by atoms with Gasteiger partial charge in [0, 0.05) is 35.1 Å². The molecule has 1 amide bonds. The number of pyridine rings is 1. The third-order valence-electron chi connectivity index (χ3n) is 6.21. The molecular weight excluding hydrogens is 428 g/mol. The van der Waals surface area contributed by atoms with Crippen molar-refractivity contribution in [1.82, 2.24) is 14.8 Å². The Bertz CT molecular complexity index is 1570. The third kappa shape index (κ3) is 3.33. The third-order valence-corrected chi connectivity index (χ3v) is 6.21. The predicted molar refractivity (Wildman–Crippen MR) is 131 cm³/mol. The molecule has 0 atom stereocenters. The van der Waals surface area contributed by atoms with Crippen molar-refractivity contribution in [3.05, 3.63) is 78.0 Å². The number of benzene rings is 3. The Labute approximate surface area is 195 Å². The number of carbonyl (C=O) groups excluding carboxylic acids is 1. The SMILES string of the molecule is COc1cc2ncc3c(c(-c4ccc5c(c4)NC(=O)C5)nn3C)c2cc1OCc1ccccc1. The minimum atomic E-state index is 0.0139. The van der Waals surface area contributed by atoms with Crippen molar-refractivity contribution in [2.45, 2.75) is 13.0 Å². The van der Waals surface area contributed by atoms with Crippen LogP contribution in [0.3, 0.4) is 0 Å². The second-order valence-corrected chi connectivity index (χ2v) is 8.38. The Morgan fingerprint density at radius 2 is 1.91 bits per heavy atom. The lowest BCUT2D eigenvalue weighted by atomic mass is 10.0. The van der Waals surface area contributed by atoms with Gasteiger partial charge in [0.05, 0.1) is 30.8 Å². The normalized spacial score (nSPS) is 12.7. The van der Waals surface area contributed by atoms with Gasteiger partial charge in [-0.2, -0.15) is 5.10 Å². The first-order valence-electron chi connectivity index (χ1n) is 11.0. The number of amides is 1. The van der Waals surface area contributed by atoms with Gasteiger partial charge >= 0.3 is 0 Å². The molecule has 0 spiro atoms. The van der Waals surface area contributed by atoms with Crippen LogP contribution in [-0.2, 0) is 24.9 Å². The number of carbonyl (C=O) groups is 1. The molecule has 3 aromatic carbocycles. The van der Waals surface area contributed by atoms with Crippen molar-refractivity contribution in [2.24, 2.45) is 7.05 Å². The summed E-state index contributed by atoms with van der Waals surface area (Å²) in [5.74, 6) is 1.28. The summed E-state index contributed by atoms with van der Waals surface area (Å²) in [4.78, 5) is 16.5. The summed E-state index contributed by atoms with van der Waals surface area (Å²) in [5.41, 5.74) is 6.37. The zero-order valence-corrected chi connectivity index (χ0v) is 18.8. The number of methoxy groups -OCH3 is 1. The summed E-state index contributed by atoms with van der Waals surface area (Å²) in [6, 6.07) is 19.9. The predicted octanol–water partition coefficient (Wildman–Crippen LogP) is 4.87. The molecular formula is C27H22N4O3. The van der Waals surface area contributed by atoms with Crippen molar-refractivity contribution in [2.75, 3.05) is 12.4 Å². The van der Waals surface area contributed by atoms with Crippen molar-refractivity contribution in [3.8, 4) is 22.8 Å². The van der Waals surface area contributed by atoms with E-state index >= 15 is 0 Å². The van der Waals surface area contributed by atoms with Gasteiger partial charge < -0.3 is 14.8 Å². The molecule has 0 unspecified atom stereocenters. The molecule has 0 radical (unpaired) electrons. The molecule has 2 aromatic heterocycles. The van der Waals surface area contributed by atoms with E-state index < -0.39 is 0 Å². The van der Waals surface area contributed by atoms with Gasteiger partial charge in [0.2, 0.25) is 5.91 Å². The zero-order valence-electron chi connectivity index (χ0n) is 18.8. The first-order chi connectivity index (χ1) is 16.6. The average molecular weight is 450 g/mol. The van der Waals surface area contributed by atoms with Crippen LogP contribution < -0.4 is 14.8 Å². The van der Waals surface area contributed by atoms with Gasteiger partial charge in [-0.05, 0) is 23.3 Å². The summed E-state index contributed by atoms with van der Waals surface area (Å²) in [6.45, 7) is 0.427. The molecule has 1 aliphatic rings. The van der Waals surface area contributed by atoms with Gasteiger partial charge in [0.15, 0.2) is 11.5 Å². The number of hydrogen-bond donors (Lipinski definition) is 1.